The Morgan fingerprint density at radius 1 is 1.25 bits per heavy atom. The summed E-state index contributed by atoms with van der Waals surface area (Å²) in [6.45, 7) is 8.04. The highest BCUT2D eigenvalue weighted by atomic mass is 16.5. The maximum absolute atomic E-state index is 5.81. The van der Waals surface area contributed by atoms with Crippen LogP contribution in [0.25, 0.3) is 0 Å². The molecule has 20 heavy (non-hydrogen) atoms. The molecule has 2 atom stereocenters. The van der Waals surface area contributed by atoms with Crippen LogP contribution < -0.4 is 10.1 Å². The Labute approximate surface area is 122 Å². The van der Waals surface area contributed by atoms with Crippen LogP contribution in [0.3, 0.4) is 0 Å². The van der Waals surface area contributed by atoms with Crippen LogP contribution in [-0.2, 0) is 0 Å². The number of nitrogens with one attached hydrogen (secondary N) is 1. The lowest BCUT2D eigenvalue weighted by atomic mass is 9.92. The first kappa shape index (κ1) is 13.9. The molecule has 1 saturated heterocycles. The summed E-state index contributed by atoms with van der Waals surface area (Å²) >= 11 is 0. The van der Waals surface area contributed by atoms with Gasteiger partial charge in [0.1, 0.15) is 5.75 Å². The molecule has 110 valence electrons. The number of rotatable bonds is 5. The van der Waals surface area contributed by atoms with Gasteiger partial charge in [0.15, 0.2) is 0 Å². The molecule has 2 aliphatic rings. The lowest BCUT2D eigenvalue weighted by Crippen LogP contribution is -2.35. The third-order valence-electron chi connectivity index (χ3n) is 4.54. The van der Waals surface area contributed by atoms with Gasteiger partial charge in [0.05, 0.1) is 6.61 Å². The fraction of sp³-hybridized carbons (Fsp3) is 0.647. The number of benzene rings is 1. The minimum atomic E-state index is 0.443. The normalized spacial score (nSPS) is 26.2. The van der Waals surface area contributed by atoms with E-state index < -0.39 is 0 Å². The number of hydrogen-bond donors (Lipinski definition) is 1. The topological polar surface area (TPSA) is 24.5 Å². The predicted molar refractivity (Wildman–Crippen MR) is 82.1 cm³/mol. The standard InChI is InChI=1S/C17H26N2O/c1-14-13-20-16-8-3-2-7-15(16)17(14)18-9-6-12-19-10-4-5-11-19/h2-3,7-8,14,17-18H,4-6,9-13H2,1H3. The summed E-state index contributed by atoms with van der Waals surface area (Å²) in [6, 6.07) is 8.89. The number of ether oxygens (including phenoxy) is 1. The number of likely N-dealkylation sites (tertiary alicyclic amines) is 1. The average Bonchev–Trinajstić information content (AvgIpc) is 2.98. The minimum Gasteiger partial charge on any atom is -0.493 e. The Kier molecular flexibility index (Phi) is 4.58. The van der Waals surface area contributed by atoms with E-state index >= 15 is 0 Å². The molecule has 1 aromatic carbocycles. The summed E-state index contributed by atoms with van der Waals surface area (Å²) in [7, 11) is 0. The molecule has 0 saturated carbocycles. The highest BCUT2D eigenvalue weighted by molar-refractivity contribution is 5.37. The maximum atomic E-state index is 5.81. The van der Waals surface area contributed by atoms with Crippen LogP contribution in [0.5, 0.6) is 5.75 Å². The van der Waals surface area contributed by atoms with Gasteiger partial charge in [0.25, 0.3) is 0 Å². The van der Waals surface area contributed by atoms with Crippen LogP contribution in [0.4, 0.5) is 0 Å². The van der Waals surface area contributed by atoms with Crippen molar-refractivity contribution in [3.8, 4) is 5.75 Å². The van der Waals surface area contributed by atoms with Crippen LogP contribution in [0, 0.1) is 5.92 Å². The van der Waals surface area contributed by atoms with Gasteiger partial charge in [-0.25, -0.2) is 0 Å². The third-order valence-corrected chi connectivity index (χ3v) is 4.54. The van der Waals surface area contributed by atoms with E-state index in [-0.39, 0.29) is 0 Å². The van der Waals surface area contributed by atoms with E-state index in [0.717, 1.165) is 18.9 Å². The molecule has 3 heteroatoms. The number of fused-ring (bicyclic) bond motifs is 1. The fourth-order valence-corrected chi connectivity index (χ4v) is 3.37. The highest BCUT2D eigenvalue weighted by Crippen LogP contribution is 2.34. The van der Waals surface area contributed by atoms with Gasteiger partial charge in [-0.05, 0) is 51.5 Å². The van der Waals surface area contributed by atoms with Gasteiger partial charge in [-0.1, -0.05) is 25.1 Å². The van der Waals surface area contributed by atoms with Crippen molar-refractivity contribution in [3.05, 3.63) is 29.8 Å². The number of nitrogens with zero attached hydrogens (tertiary/aromatic N) is 1. The van der Waals surface area contributed by atoms with E-state index in [9.17, 15) is 0 Å². The Bertz CT molecular complexity index is 429. The molecule has 0 spiro atoms. The van der Waals surface area contributed by atoms with Crippen molar-refractivity contribution in [1.29, 1.82) is 0 Å². The molecule has 2 aliphatic heterocycles. The zero-order chi connectivity index (χ0) is 13.8. The van der Waals surface area contributed by atoms with Crippen molar-refractivity contribution in [2.24, 2.45) is 5.92 Å². The summed E-state index contributed by atoms with van der Waals surface area (Å²) in [6.07, 6.45) is 4.02. The highest BCUT2D eigenvalue weighted by Gasteiger charge is 2.26. The van der Waals surface area contributed by atoms with Gasteiger partial charge in [0.2, 0.25) is 0 Å². The molecule has 0 aliphatic carbocycles. The SMILES string of the molecule is CC1COc2ccccc2C1NCCCN1CCCC1. The van der Waals surface area contributed by atoms with E-state index in [1.165, 1.54) is 44.5 Å². The Morgan fingerprint density at radius 2 is 2.05 bits per heavy atom. The molecule has 0 bridgehead atoms. The first-order chi connectivity index (χ1) is 9.84. The Morgan fingerprint density at radius 3 is 2.90 bits per heavy atom. The lowest BCUT2D eigenvalue weighted by Gasteiger charge is -2.32. The predicted octanol–water partition coefficient (Wildman–Crippen LogP) is 2.83. The van der Waals surface area contributed by atoms with Crippen molar-refractivity contribution in [3.63, 3.8) is 0 Å². The molecule has 0 amide bonds. The second-order valence-electron chi connectivity index (χ2n) is 6.16. The van der Waals surface area contributed by atoms with Crippen molar-refractivity contribution in [2.75, 3.05) is 32.8 Å². The van der Waals surface area contributed by atoms with E-state index in [2.05, 4.69) is 41.4 Å². The van der Waals surface area contributed by atoms with E-state index in [4.69, 9.17) is 4.74 Å². The van der Waals surface area contributed by atoms with E-state index in [0.29, 0.717) is 12.0 Å². The van der Waals surface area contributed by atoms with Gasteiger partial charge in [-0.2, -0.15) is 0 Å². The van der Waals surface area contributed by atoms with Crippen LogP contribution >= 0.6 is 0 Å². The smallest absolute Gasteiger partial charge is 0.124 e. The summed E-state index contributed by atoms with van der Waals surface area (Å²) in [4.78, 5) is 2.59. The van der Waals surface area contributed by atoms with Crippen LogP contribution in [0.15, 0.2) is 24.3 Å². The van der Waals surface area contributed by atoms with Crippen LogP contribution in [0.1, 0.15) is 37.8 Å². The summed E-state index contributed by atoms with van der Waals surface area (Å²) < 4.78 is 5.81. The molecule has 2 unspecified atom stereocenters. The number of para-hydroxylation sites is 1. The first-order valence-electron chi connectivity index (χ1n) is 8.02. The molecule has 0 aromatic heterocycles. The largest absolute Gasteiger partial charge is 0.493 e. The first-order valence-corrected chi connectivity index (χ1v) is 8.02. The van der Waals surface area contributed by atoms with E-state index in [1.54, 1.807) is 0 Å². The van der Waals surface area contributed by atoms with Gasteiger partial charge in [0, 0.05) is 17.5 Å². The maximum Gasteiger partial charge on any atom is 0.124 e. The van der Waals surface area contributed by atoms with Gasteiger partial charge in [-0.15, -0.1) is 0 Å². The zero-order valence-corrected chi connectivity index (χ0v) is 12.5. The second-order valence-corrected chi connectivity index (χ2v) is 6.16. The molecular weight excluding hydrogens is 248 g/mol. The third kappa shape index (κ3) is 3.15. The molecule has 2 heterocycles. The van der Waals surface area contributed by atoms with Gasteiger partial charge < -0.3 is 15.0 Å². The van der Waals surface area contributed by atoms with Gasteiger partial charge >= 0.3 is 0 Å². The summed E-state index contributed by atoms with van der Waals surface area (Å²) in [5.41, 5.74) is 1.33. The summed E-state index contributed by atoms with van der Waals surface area (Å²) in [5.74, 6) is 1.60. The van der Waals surface area contributed by atoms with Crippen molar-refractivity contribution >= 4 is 0 Å². The fourth-order valence-electron chi connectivity index (χ4n) is 3.37. The average molecular weight is 274 g/mol. The molecule has 1 fully saturated rings. The van der Waals surface area contributed by atoms with Crippen molar-refractivity contribution in [2.45, 2.75) is 32.2 Å². The van der Waals surface area contributed by atoms with Crippen molar-refractivity contribution < 1.29 is 4.74 Å². The molecule has 3 rings (SSSR count). The minimum absolute atomic E-state index is 0.443. The molecule has 3 nitrogen and oxygen atoms in total. The molecular formula is C17H26N2O. The lowest BCUT2D eigenvalue weighted by molar-refractivity contribution is 0.187. The van der Waals surface area contributed by atoms with E-state index in [1.807, 2.05) is 0 Å². The summed E-state index contributed by atoms with van der Waals surface area (Å²) in [5, 5.41) is 3.74. The van der Waals surface area contributed by atoms with Gasteiger partial charge in [-0.3, -0.25) is 0 Å². The zero-order valence-electron chi connectivity index (χ0n) is 12.5. The van der Waals surface area contributed by atoms with Crippen LogP contribution in [-0.4, -0.2) is 37.7 Å². The Balaban J connectivity index is 1.51. The van der Waals surface area contributed by atoms with Crippen molar-refractivity contribution in [1.82, 2.24) is 10.2 Å². The Hall–Kier alpha value is -1.06. The molecule has 1 N–H and O–H groups in total. The second kappa shape index (κ2) is 6.59. The monoisotopic (exact) mass is 274 g/mol. The number of hydrogen-bond acceptors (Lipinski definition) is 3. The molecule has 0 radical (unpaired) electrons. The molecule has 1 aromatic rings. The quantitative estimate of drug-likeness (QED) is 0.836. The van der Waals surface area contributed by atoms with Crippen LogP contribution in [0.2, 0.25) is 0 Å².